The number of hydrogen-bond donors (Lipinski definition) is 6. The van der Waals surface area contributed by atoms with E-state index in [0.717, 1.165) is 28.0 Å². The minimum atomic E-state index is -1.33. The van der Waals surface area contributed by atoms with E-state index >= 15 is 0 Å². The van der Waals surface area contributed by atoms with Gasteiger partial charge in [0.25, 0.3) is 11.8 Å². The summed E-state index contributed by atoms with van der Waals surface area (Å²) in [6.07, 6.45) is 1.50. The van der Waals surface area contributed by atoms with Crippen LogP contribution in [0.25, 0.3) is 0 Å². The maximum atomic E-state index is 12.8. The molecule has 1 fully saturated rings. The molecular weight excluding hydrogens is 556 g/mol. The van der Waals surface area contributed by atoms with E-state index < -0.39 is 40.6 Å². The number of allylic oxidation sites excluding steroid dienone is 1. The molecule has 2 aliphatic rings. The highest BCUT2D eigenvalue weighted by molar-refractivity contribution is 8.02. The van der Waals surface area contributed by atoms with E-state index in [1.807, 2.05) is 0 Å². The van der Waals surface area contributed by atoms with E-state index in [1.54, 1.807) is 0 Å². The fraction of sp³-hybridized carbons (Fsp3) is 0.167. The number of rotatable bonds is 7. The van der Waals surface area contributed by atoms with Gasteiger partial charge in [-0.25, -0.2) is 14.6 Å². The van der Waals surface area contributed by atoms with Gasteiger partial charge in [0.1, 0.15) is 38.0 Å². The Labute approximate surface area is 218 Å². The van der Waals surface area contributed by atoms with E-state index in [2.05, 4.69) is 25.4 Å². The molecule has 0 saturated carbocycles. The number of oxime groups is 1. The summed E-state index contributed by atoms with van der Waals surface area (Å²) >= 11 is 9.11. The minimum Gasteiger partial charge on any atom is -0.477 e. The van der Waals surface area contributed by atoms with Gasteiger partial charge in [0.15, 0.2) is 10.8 Å². The first-order valence-corrected chi connectivity index (χ1v) is 12.8. The van der Waals surface area contributed by atoms with Crippen molar-refractivity contribution in [2.24, 2.45) is 5.16 Å². The molecule has 2 atom stereocenters. The fourth-order valence-corrected chi connectivity index (χ4v) is 6.29. The first-order chi connectivity index (χ1) is 17.1. The van der Waals surface area contributed by atoms with E-state index in [0.29, 0.717) is 10.6 Å². The normalized spacial score (nSPS) is 19.9. The molecule has 18 heteroatoms. The number of halogens is 1. The van der Waals surface area contributed by atoms with Gasteiger partial charge in [-0.1, -0.05) is 39.9 Å². The number of carboxylic acids is 1. The Hall–Kier alpha value is -3.54. The summed E-state index contributed by atoms with van der Waals surface area (Å²) < 4.78 is 0.0208. The molecule has 0 unspecified atom stereocenters. The van der Waals surface area contributed by atoms with Crippen LogP contribution >= 0.6 is 46.5 Å². The van der Waals surface area contributed by atoms with Crippen molar-refractivity contribution in [1.82, 2.24) is 25.2 Å². The number of carbonyl (C=O) groups is 3. The number of nitrogen functional groups attached to an aromatic ring is 2. The van der Waals surface area contributed by atoms with Crippen molar-refractivity contribution in [2.45, 2.75) is 16.4 Å². The summed E-state index contributed by atoms with van der Waals surface area (Å²) in [7, 11) is 0. The maximum absolute atomic E-state index is 12.8. The third-order valence-electron chi connectivity index (χ3n) is 4.83. The van der Waals surface area contributed by atoms with Gasteiger partial charge in [-0.15, -0.1) is 11.8 Å². The average Bonchev–Trinajstić information content (AvgIpc) is 3.14. The van der Waals surface area contributed by atoms with Crippen LogP contribution in [0.4, 0.5) is 10.9 Å². The Bertz CT molecular complexity index is 1420. The van der Waals surface area contributed by atoms with Gasteiger partial charge in [-0.05, 0) is 17.1 Å². The van der Waals surface area contributed by atoms with Crippen LogP contribution in [0.15, 0.2) is 43.8 Å². The summed E-state index contributed by atoms with van der Waals surface area (Å²) in [5.74, 6) is -2.59. The van der Waals surface area contributed by atoms with E-state index in [9.17, 15) is 29.5 Å². The lowest BCUT2D eigenvalue weighted by molar-refractivity contribution is -0.150. The zero-order valence-electron chi connectivity index (χ0n) is 17.7. The molecule has 2 amide bonds. The molecule has 14 nitrogen and oxygen atoms in total. The molecule has 2 aliphatic heterocycles. The molecule has 36 heavy (non-hydrogen) atoms. The molecule has 2 aromatic heterocycles. The van der Waals surface area contributed by atoms with Crippen molar-refractivity contribution < 1.29 is 24.7 Å². The third-order valence-corrected chi connectivity index (χ3v) is 7.94. The number of aliphatic carboxylic acids is 1. The summed E-state index contributed by atoms with van der Waals surface area (Å²) in [6, 6.07) is 0.365. The number of β-lactam (4-membered cyclic amide) rings is 1. The topological polar surface area (TPSA) is 230 Å². The van der Waals surface area contributed by atoms with Crippen LogP contribution in [0.3, 0.4) is 0 Å². The molecule has 4 heterocycles. The van der Waals surface area contributed by atoms with E-state index in [4.69, 9.17) is 23.1 Å². The maximum Gasteiger partial charge on any atom is 0.352 e. The van der Waals surface area contributed by atoms with Crippen molar-refractivity contribution in [1.29, 1.82) is 0 Å². The Morgan fingerprint density at radius 1 is 1.36 bits per heavy atom. The zero-order chi connectivity index (χ0) is 26.1. The zero-order valence-corrected chi connectivity index (χ0v) is 20.9. The van der Waals surface area contributed by atoms with Crippen LogP contribution in [0.5, 0.6) is 0 Å². The molecule has 188 valence electrons. The molecule has 0 radical (unpaired) electrons. The number of aromatic nitrogens is 3. The number of hydrogen-bond acceptors (Lipinski definition) is 13. The first-order valence-electron chi connectivity index (χ1n) is 9.67. The highest BCUT2D eigenvalue weighted by Gasteiger charge is 2.54. The number of H-pyrrole nitrogens is 1. The fourth-order valence-electron chi connectivity index (χ4n) is 3.34. The summed E-state index contributed by atoms with van der Waals surface area (Å²) in [4.78, 5) is 59.9. The second-order valence-electron chi connectivity index (χ2n) is 7.06. The highest BCUT2D eigenvalue weighted by atomic mass is 35.5. The Balaban J connectivity index is 1.50. The number of thioether (sulfide) groups is 2. The number of nitrogens with one attached hydrogen (secondary N) is 2. The van der Waals surface area contributed by atoms with Crippen molar-refractivity contribution in [3.05, 3.63) is 49.3 Å². The molecule has 0 aliphatic carbocycles. The Kier molecular flexibility index (Phi) is 7.25. The third kappa shape index (κ3) is 4.90. The molecule has 4 rings (SSSR count). The van der Waals surface area contributed by atoms with Gasteiger partial charge in [0, 0.05) is 11.8 Å². The molecular formula is C18H15ClN8O6S3. The van der Waals surface area contributed by atoms with Gasteiger partial charge >= 0.3 is 11.7 Å². The number of amides is 2. The molecule has 8 N–H and O–H groups in total. The Morgan fingerprint density at radius 2 is 2.11 bits per heavy atom. The van der Waals surface area contributed by atoms with E-state index in [1.165, 1.54) is 29.3 Å². The minimum absolute atomic E-state index is 0.0208. The van der Waals surface area contributed by atoms with Gasteiger partial charge in [-0.2, -0.15) is 4.98 Å². The lowest BCUT2D eigenvalue weighted by Gasteiger charge is -2.49. The highest BCUT2D eigenvalue weighted by Crippen LogP contribution is 2.41. The number of thiazole rings is 1. The lowest BCUT2D eigenvalue weighted by atomic mass is 10.0. The quantitative estimate of drug-likeness (QED) is 0.0657. The van der Waals surface area contributed by atoms with Crippen molar-refractivity contribution >= 4 is 80.9 Å². The van der Waals surface area contributed by atoms with Crippen molar-refractivity contribution in [2.75, 3.05) is 17.2 Å². The second-order valence-corrected chi connectivity index (χ2v) is 10.7. The number of fused-ring (bicyclic) bond motifs is 1. The number of carboxylic acid groups (broad SMARTS) is 1. The molecule has 0 aromatic carbocycles. The number of nitrogens with zero attached hydrogens (tertiary/aromatic N) is 4. The van der Waals surface area contributed by atoms with Crippen LogP contribution in [0, 0.1) is 0 Å². The van der Waals surface area contributed by atoms with Crippen LogP contribution < -0.4 is 22.5 Å². The lowest BCUT2D eigenvalue weighted by Crippen LogP contribution is -2.71. The monoisotopic (exact) mass is 570 g/mol. The van der Waals surface area contributed by atoms with Gasteiger partial charge < -0.3 is 27.1 Å². The smallest absolute Gasteiger partial charge is 0.352 e. The molecule has 1 saturated heterocycles. The standard InChI is InChI=1S/C18H15ClN8O6S3/c19-12-8(25-17(21)36-12)9(26-33)13(28)24-10-14(29)27-11(16(30)31)5(4-35-15(10)27)1-2-34-7-3-6(20)22-18(32)23-7/h1-3,10,15,33H,4H2,(H2,21,25)(H,24,28)(H,30,31)(H3,20,22,23,32)/b2-1+,26-9+/t10-,15-/m1/s1. The predicted octanol–water partition coefficient (Wildman–Crippen LogP) is 0.267. The summed E-state index contributed by atoms with van der Waals surface area (Å²) in [5.41, 5.74) is 9.92. The van der Waals surface area contributed by atoms with Crippen LogP contribution in [-0.2, 0) is 14.4 Å². The van der Waals surface area contributed by atoms with Crippen molar-refractivity contribution in [3.63, 3.8) is 0 Å². The summed E-state index contributed by atoms with van der Waals surface area (Å²) in [6.45, 7) is 0. The Morgan fingerprint density at radius 3 is 2.72 bits per heavy atom. The predicted molar refractivity (Wildman–Crippen MR) is 134 cm³/mol. The molecule has 2 aromatic rings. The van der Waals surface area contributed by atoms with Gasteiger partial charge in [-0.3, -0.25) is 19.5 Å². The molecule has 0 bridgehead atoms. The number of carbonyl (C=O) groups excluding carboxylic acids is 2. The SMILES string of the molecule is Nc1cc(S/C=C/C2=C(C(=O)O)N3C(=O)[C@@H](NC(=O)/C(=N/O)c4nc(N)sc4Cl)[C@H]3SC2)nc(=O)[nH]1. The van der Waals surface area contributed by atoms with Crippen LogP contribution in [-0.4, -0.2) is 70.8 Å². The number of nitrogens with two attached hydrogens (primary N) is 2. The second kappa shape index (κ2) is 10.2. The number of anilines is 2. The average molecular weight is 571 g/mol. The van der Waals surface area contributed by atoms with Gasteiger partial charge in [0.05, 0.1) is 0 Å². The summed E-state index contributed by atoms with van der Waals surface area (Å²) in [5, 5.41) is 25.6. The van der Waals surface area contributed by atoms with Gasteiger partial charge in [0.2, 0.25) is 0 Å². The molecule has 0 spiro atoms. The van der Waals surface area contributed by atoms with Crippen molar-refractivity contribution in [3.8, 4) is 0 Å². The van der Waals surface area contributed by atoms with Crippen LogP contribution in [0.1, 0.15) is 5.69 Å². The first kappa shape index (κ1) is 25.5. The number of aromatic amines is 1. The van der Waals surface area contributed by atoms with Crippen LogP contribution in [0.2, 0.25) is 4.34 Å². The van der Waals surface area contributed by atoms with E-state index in [-0.39, 0.29) is 32.4 Å². The largest absolute Gasteiger partial charge is 0.477 e.